The largest absolute Gasteiger partial charge is 0.369 e. The summed E-state index contributed by atoms with van der Waals surface area (Å²) >= 11 is 0. The Morgan fingerprint density at radius 3 is 1.93 bits per heavy atom. The highest BCUT2D eigenvalue weighted by Crippen LogP contribution is 2.28. The van der Waals surface area contributed by atoms with E-state index < -0.39 is 85.9 Å². The molecule has 1 nitrogen and oxygen atoms in total. The van der Waals surface area contributed by atoms with E-state index in [2.05, 4.69) is 0 Å². The maximum absolute atomic E-state index is 13.9. The van der Waals surface area contributed by atoms with Crippen molar-refractivity contribution in [2.24, 2.45) is 0 Å². The van der Waals surface area contributed by atoms with Gasteiger partial charge in [-0.1, -0.05) is 0 Å². The highest BCUT2D eigenvalue weighted by molar-refractivity contribution is 5.48. The highest BCUT2D eigenvalue weighted by Gasteiger charge is 2.40. The molecule has 5 unspecified atom stereocenters. The van der Waals surface area contributed by atoms with Gasteiger partial charge in [0.1, 0.15) is 6.17 Å². The fourth-order valence-electron chi connectivity index (χ4n) is 2.30. The molecule has 1 aromatic rings. The Kier molecular flexibility index (Phi) is 8.67. The Hall–Kier alpha value is -1.68. The smallest absolute Gasteiger partial charge is 0.199 e. The van der Waals surface area contributed by atoms with Gasteiger partial charge in [0.25, 0.3) is 0 Å². The summed E-state index contributed by atoms with van der Waals surface area (Å²) in [6.07, 6.45) is -16.1. The number of hydrogen-bond acceptors (Lipinski definition) is 1. The minimum absolute atomic E-state index is 0.174. The molecule has 0 spiro atoms. The van der Waals surface area contributed by atoms with Crippen LogP contribution in [0.3, 0.4) is 0 Å². The van der Waals surface area contributed by atoms with E-state index in [1.165, 1.54) is 0 Å². The third kappa shape index (κ3) is 5.65. The first-order chi connectivity index (χ1) is 12.5. The molecule has 0 fully saturated rings. The van der Waals surface area contributed by atoms with Crippen LogP contribution in [0.4, 0.5) is 49.6 Å². The Morgan fingerprint density at radius 2 is 1.37 bits per heavy atom. The molecule has 0 aliphatic rings. The standard InChI is InChI=1S/C16H17F10N/c1-27(10-5-8(19)12(22)16(26)14(10)24)6-9(20)13(23)15(25)11(21)7(18)3-2-4-17/h5,7,9,11,13,15H,2-4,6H2,1H3. The molecule has 1 rings (SSSR count). The van der Waals surface area contributed by atoms with Crippen molar-refractivity contribution in [3.63, 3.8) is 0 Å². The zero-order valence-corrected chi connectivity index (χ0v) is 14.0. The second-order valence-electron chi connectivity index (χ2n) is 5.90. The quantitative estimate of drug-likeness (QED) is 0.293. The van der Waals surface area contributed by atoms with Crippen LogP contribution in [0.2, 0.25) is 0 Å². The van der Waals surface area contributed by atoms with Gasteiger partial charge in [-0.25, -0.2) is 39.5 Å². The van der Waals surface area contributed by atoms with Crippen molar-refractivity contribution in [2.75, 3.05) is 25.2 Å². The molecule has 1 aromatic carbocycles. The number of rotatable bonds is 10. The Morgan fingerprint density at radius 1 is 0.815 bits per heavy atom. The SMILES string of the molecule is CN(CC(F)C(F)C(F)C(F)C(F)CCCF)c1cc(F)c(F)c(F)c1F. The number of hydrogen-bond donors (Lipinski definition) is 0. The lowest BCUT2D eigenvalue weighted by molar-refractivity contribution is 0.000650. The first kappa shape index (κ1) is 23.4. The van der Waals surface area contributed by atoms with Crippen LogP contribution < -0.4 is 4.90 Å². The Balaban J connectivity index is 2.81. The molecule has 0 aliphatic heterocycles. The van der Waals surface area contributed by atoms with Gasteiger partial charge in [-0.3, -0.25) is 4.39 Å². The lowest BCUT2D eigenvalue weighted by atomic mass is 10.0. The van der Waals surface area contributed by atoms with Gasteiger partial charge in [0.05, 0.1) is 18.9 Å². The van der Waals surface area contributed by atoms with E-state index in [0.717, 1.165) is 7.05 Å². The molecular formula is C16H17F10N. The van der Waals surface area contributed by atoms with Crippen LogP contribution in [0, 0.1) is 23.3 Å². The van der Waals surface area contributed by atoms with Crippen molar-refractivity contribution >= 4 is 5.69 Å². The fourth-order valence-corrected chi connectivity index (χ4v) is 2.30. The number of benzene rings is 1. The van der Waals surface area contributed by atoms with E-state index in [1.54, 1.807) is 0 Å². The second kappa shape index (κ2) is 10.0. The average Bonchev–Trinajstić information content (AvgIpc) is 2.64. The zero-order chi connectivity index (χ0) is 20.9. The van der Waals surface area contributed by atoms with E-state index in [4.69, 9.17) is 0 Å². The molecular weight excluding hydrogens is 396 g/mol. The average molecular weight is 413 g/mol. The molecule has 156 valence electrons. The van der Waals surface area contributed by atoms with Crippen molar-refractivity contribution in [1.82, 2.24) is 0 Å². The summed E-state index contributed by atoms with van der Waals surface area (Å²) in [4.78, 5) is 0.425. The number of alkyl halides is 6. The van der Waals surface area contributed by atoms with Gasteiger partial charge >= 0.3 is 0 Å². The van der Waals surface area contributed by atoms with Crippen LogP contribution in [0.25, 0.3) is 0 Å². The van der Waals surface area contributed by atoms with Gasteiger partial charge in [0, 0.05) is 13.1 Å². The van der Waals surface area contributed by atoms with Gasteiger partial charge in [-0.15, -0.1) is 0 Å². The van der Waals surface area contributed by atoms with Crippen LogP contribution in [-0.4, -0.2) is 51.1 Å². The number of anilines is 1. The first-order valence-electron chi connectivity index (χ1n) is 7.83. The monoisotopic (exact) mass is 413 g/mol. The van der Waals surface area contributed by atoms with E-state index in [0.29, 0.717) is 4.90 Å². The summed E-state index contributed by atoms with van der Waals surface area (Å²) in [7, 11) is 0.841. The summed E-state index contributed by atoms with van der Waals surface area (Å²) in [5.41, 5.74) is -0.986. The van der Waals surface area contributed by atoms with Crippen molar-refractivity contribution in [1.29, 1.82) is 0 Å². The molecule has 0 heterocycles. The number of nitrogens with zero attached hydrogens (tertiary/aromatic N) is 1. The van der Waals surface area contributed by atoms with Crippen LogP contribution >= 0.6 is 0 Å². The molecule has 5 atom stereocenters. The maximum Gasteiger partial charge on any atom is 0.199 e. The van der Waals surface area contributed by atoms with Crippen molar-refractivity contribution in [3.8, 4) is 0 Å². The molecule has 0 N–H and O–H groups in total. The Labute approximate surface area is 148 Å². The normalized spacial score (nSPS) is 17.3. The minimum atomic E-state index is -3.24. The molecule has 0 saturated heterocycles. The van der Waals surface area contributed by atoms with Crippen molar-refractivity contribution < 1.29 is 43.9 Å². The summed E-state index contributed by atoms with van der Waals surface area (Å²) in [5.74, 6) is -8.00. The molecule has 0 saturated carbocycles. The molecule has 27 heavy (non-hydrogen) atoms. The van der Waals surface area contributed by atoms with Crippen LogP contribution in [0.1, 0.15) is 12.8 Å². The van der Waals surface area contributed by atoms with Crippen LogP contribution in [0.5, 0.6) is 0 Å². The van der Waals surface area contributed by atoms with Gasteiger partial charge in [0.2, 0.25) is 0 Å². The highest BCUT2D eigenvalue weighted by atomic mass is 19.2. The van der Waals surface area contributed by atoms with Gasteiger partial charge < -0.3 is 4.90 Å². The van der Waals surface area contributed by atoms with Crippen LogP contribution in [-0.2, 0) is 0 Å². The van der Waals surface area contributed by atoms with Crippen molar-refractivity contribution in [2.45, 2.75) is 43.7 Å². The van der Waals surface area contributed by atoms with E-state index >= 15 is 0 Å². The predicted molar refractivity (Wildman–Crippen MR) is 79.2 cm³/mol. The minimum Gasteiger partial charge on any atom is -0.369 e. The molecule has 11 heteroatoms. The van der Waals surface area contributed by atoms with Gasteiger partial charge in [0.15, 0.2) is 48.0 Å². The van der Waals surface area contributed by atoms with E-state index in [-0.39, 0.29) is 6.07 Å². The topological polar surface area (TPSA) is 3.24 Å². The van der Waals surface area contributed by atoms with E-state index in [9.17, 15) is 43.9 Å². The Bertz CT molecular complexity index is 613. The first-order valence-corrected chi connectivity index (χ1v) is 7.83. The summed E-state index contributed by atoms with van der Waals surface area (Å²) < 4.78 is 133. The molecule has 0 radical (unpaired) electrons. The second-order valence-corrected chi connectivity index (χ2v) is 5.90. The van der Waals surface area contributed by atoms with Gasteiger partial charge in [-0.05, 0) is 12.8 Å². The van der Waals surface area contributed by atoms with Crippen LogP contribution in [0.15, 0.2) is 6.07 Å². The summed E-state index contributed by atoms with van der Waals surface area (Å²) in [6.45, 7) is -2.20. The predicted octanol–water partition coefficient (Wildman–Crippen LogP) is 5.12. The molecule has 0 amide bonds. The molecule has 0 bridgehead atoms. The third-order valence-electron chi connectivity index (χ3n) is 3.86. The van der Waals surface area contributed by atoms with E-state index in [1.807, 2.05) is 0 Å². The summed E-state index contributed by atoms with van der Waals surface area (Å²) in [5, 5.41) is 0. The molecule has 0 aromatic heterocycles. The number of halogens is 10. The lowest BCUT2D eigenvalue weighted by Crippen LogP contribution is -2.43. The maximum atomic E-state index is 13.9. The van der Waals surface area contributed by atoms with Crippen molar-refractivity contribution in [3.05, 3.63) is 29.3 Å². The summed E-state index contributed by atoms with van der Waals surface area (Å²) in [6, 6.07) is 0.174. The van der Waals surface area contributed by atoms with Gasteiger partial charge in [-0.2, -0.15) is 0 Å². The third-order valence-corrected chi connectivity index (χ3v) is 3.86. The molecule has 0 aliphatic carbocycles. The lowest BCUT2D eigenvalue weighted by Gasteiger charge is -2.27. The zero-order valence-electron chi connectivity index (χ0n) is 14.0. The fraction of sp³-hybridized carbons (Fsp3) is 0.625.